The molecule has 0 unspecified atom stereocenters. The largest absolute Gasteiger partial charge is 0.356 e. The monoisotopic (exact) mass is 320 g/mol. The second kappa shape index (κ2) is 10.2. The van der Waals surface area contributed by atoms with Gasteiger partial charge in [0.05, 0.1) is 5.56 Å². The third kappa shape index (κ3) is 7.15. The summed E-state index contributed by atoms with van der Waals surface area (Å²) in [6, 6.07) is 2.77. The molecular weight excluding hydrogens is 302 g/mol. The third-order valence-electron chi connectivity index (χ3n) is 2.74. The maximum Gasteiger partial charge on any atom is 0.220 e. The van der Waals surface area contributed by atoms with Crippen molar-refractivity contribution in [2.24, 2.45) is 0 Å². The van der Waals surface area contributed by atoms with Gasteiger partial charge in [-0.15, -0.1) is 12.4 Å². The molecule has 0 aromatic heterocycles. The van der Waals surface area contributed by atoms with Crippen LogP contribution in [0.5, 0.6) is 0 Å². The molecule has 21 heavy (non-hydrogen) atoms. The van der Waals surface area contributed by atoms with Crippen LogP contribution in [0.25, 0.3) is 0 Å². The van der Waals surface area contributed by atoms with Gasteiger partial charge in [0.15, 0.2) is 5.78 Å². The Kier molecular flexibility index (Phi) is 9.49. The lowest BCUT2D eigenvalue weighted by Crippen LogP contribution is -2.26. The van der Waals surface area contributed by atoms with Gasteiger partial charge in [-0.1, -0.05) is 0 Å². The molecule has 0 atom stereocenters. The van der Waals surface area contributed by atoms with E-state index in [1.54, 1.807) is 0 Å². The van der Waals surface area contributed by atoms with Gasteiger partial charge in [0.25, 0.3) is 0 Å². The van der Waals surface area contributed by atoms with Crippen molar-refractivity contribution >= 4 is 24.1 Å². The smallest absolute Gasteiger partial charge is 0.220 e. The number of nitrogens with one attached hydrogen (secondary N) is 2. The Hall–Kier alpha value is -1.53. The number of carbonyl (C=O) groups is 2. The van der Waals surface area contributed by atoms with E-state index in [-0.39, 0.29) is 36.7 Å². The van der Waals surface area contributed by atoms with Gasteiger partial charge in [0, 0.05) is 25.5 Å². The Morgan fingerprint density at radius 2 is 1.86 bits per heavy atom. The molecule has 2 N–H and O–H groups in total. The first kappa shape index (κ1) is 19.5. The molecule has 0 fully saturated rings. The van der Waals surface area contributed by atoms with Crippen LogP contribution in [-0.4, -0.2) is 31.8 Å². The van der Waals surface area contributed by atoms with Gasteiger partial charge < -0.3 is 10.6 Å². The van der Waals surface area contributed by atoms with Crippen molar-refractivity contribution in [2.75, 3.05) is 20.1 Å². The Morgan fingerprint density at radius 1 is 1.14 bits per heavy atom. The average molecular weight is 321 g/mol. The van der Waals surface area contributed by atoms with Crippen molar-refractivity contribution in [2.45, 2.75) is 19.3 Å². The normalized spacial score (nSPS) is 9.86. The molecule has 7 heteroatoms. The number of amides is 1. The van der Waals surface area contributed by atoms with Gasteiger partial charge in [0.2, 0.25) is 5.91 Å². The molecule has 118 valence electrons. The quantitative estimate of drug-likeness (QED) is 0.569. The Morgan fingerprint density at radius 3 is 2.48 bits per heavy atom. The molecule has 1 aromatic carbocycles. The minimum absolute atomic E-state index is 0. The summed E-state index contributed by atoms with van der Waals surface area (Å²) < 4.78 is 26.1. The van der Waals surface area contributed by atoms with Gasteiger partial charge in [-0.25, -0.2) is 8.78 Å². The molecule has 0 saturated heterocycles. The predicted molar refractivity (Wildman–Crippen MR) is 78.7 cm³/mol. The number of benzene rings is 1. The first-order valence-corrected chi connectivity index (χ1v) is 6.44. The second-order valence-electron chi connectivity index (χ2n) is 4.35. The van der Waals surface area contributed by atoms with E-state index in [1.807, 2.05) is 7.05 Å². The van der Waals surface area contributed by atoms with E-state index in [1.165, 1.54) is 0 Å². The molecule has 0 heterocycles. The Bertz CT molecular complexity index is 484. The van der Waals surface area contributed by atoms with Crippen LogP contribution >= 0.6 is 12.4 Å². The number of rotatable bonds is 8. The molecular formula is C14H19ClF2N2O2. The highest BCUT2D eigenvalue weighted by atomic mass is 35.5. The topological polar surface area (TPSA) is 58.2 Å². The molecule has 4 nitrogen and oxygen atoms in total. The molecule has 0 radical (unpaired) electrons. The van der Waals surface area contributed by atoms with Crippen LogP contribution in [0.4, 0.5) is 8.78 Å². The molecule has 1 amide bonds. The third-order valence-corrected chi connectivity index (χ3v) is 2.74. The van der Waals surface area contributed by atoms with Crippen molar-refractivity contribution in [1.82, 2.24) is 10.6 Å². The highest BCUT2D eigenvalue weighted by molar-refractivity contribution is 5.98. The van der Waals surface area contributed by atoms with Crippen LogP contribution < -0.4 is 10.6 Å². The molecule has 0 bridgehead atoms. The van der Waals surface area contributed by atoms with Crippen LogP contribution in [0.1, 0.15) is 29.6 Å². The number of hydrogen-bond donors (Lipinski definition) is 2. The van der Waals surface area contributed by atoms with Gasteiger partial charge in [0.1, 0.15) is 11.6 Å². The number of Topliss-reactive ketones (excluding diaryl/α,β-unsaturated/α-hetero) is 1. The second-order valence-corrected chi connectivity index (χ2v) is 4.35. The summed E-state index contributed by atoms with van der Waals surface area (Å²) in [4.78, 5) is 23.1. The number of halogens is 3. The Labute approximate surface area is 128 Å². The van der Waals surface area contributed by atoms with Crippen LogP contribution in [0.2, 0.25) is 0 Å². The average Bonchev–Trinajstić information content (AvgIpc) is 2.41. The van der Waals surface area contributed by atoms with Crippen molar-refractivity contribution in [1.29, 1.82) is 0 Å². The number of hydrogen-bond acceptors (Lipinski definition) is 3. The summed E-state index contributed by atoms with van der Waals surface area (Å²) in [5.74, 6) is -2.39. The predicted octanol–water partition coefficient (Wildman–Crippen LogP) is 2.08. The van der Waals surface area contributed by atoms with E-state index in [0.29, 0.717) is 12.6 Å². The van der Waals surface area contributed by atoms with Gasteiger partial charge in [-0.2, -0.15) is 0 Å². The Balaban J connectivity index is 0.00000400. The standard InChI is InChI=1S/C14H18F2N2O2.ClH/c1-17-7-2-8-18-14(20)6-5-13(19)11-4-3-10(15)9-12(11)16;/h3-4,9,17H,2,5-8H2,1H3,(H,18,20);1H. The summed E-state index contributed by atoms with van der Waals surface area (Å²) in [6.45, 7) is 1.32. The zero-order valence-electron chi connectivity index (χ0n) is 11.7. The van der Waals surface area contributed by atoms with Crippen LogP contribution in [0, 0.1) is 11.6 Å². The van der Waals surface area contributed by atoms with E-state index >= 15 is 0 Å². The summed E-state index contributed by atoms with van der Waals surface area (Å²) in [5.41, 5.74) is -0.186. The van der Waals surface area contributed by atoms with Gasteiger partial charge in [-0.05, 0) is 32.1 Å². The van der Waals surface area contributed by atoms with E-state index in [4.69, 9.17) is 0 Å². The van der Waals surface area contributed by atoms with Crippen molar-refractivity contribution < 1.29 is 18.4 Å². The van der Waals surface area contributed by atoms with E-state index in [2.05, 4.69) is 10.6 Å². The molecule has 0 aliphatic rings. The maximum atomic E-state index is 13.3. The van der Waals surface area contributed by atoms with E-state index in [9.17, 15) is 18.4 Å². The first-order chi connectivity index (χ1) is 9.54. The number of ketones is 1. The zero-order chi connectivity index (χ0) is 15.0. The van der Waals surface area contributed by atoms with Crippen molar-refractivity contribution in [3.05, 3.63) is 35.4 Å². The SMILES string of the molecule is CNCCCNC(=O)CCC(=O)c1ccc(F)cc1F.Cl. The fraction of sp³-hybridized carbons (Fsp3) is 0.429. The summed E-state index contributed by atoms with van der Waals surface area (Å²) in [7, 11) is 1.82. The van der Waals surface area contributed by atoms with E-state index < -0.39 is 17.4 Å². The molecule has 1 aromatic rings. The maximum absolute atomic E-state index is 13.3. The van der Waals surface area contributed by atoms with E-state index in [0.717, 1.165) is 25.1 Å². The highest BCUT2D eigenvalue weighted by Crippen LogP contribution is 2.12. The summed E-state index contributed by atoms with van der Waals surface area (Å²) >= 11 is 0. The molecule has 0 aliphatic carbocycles. The lowest BCUT2D eigenvalue weighted by atomic mass is 10.1. The van der Waals surface area contributed by atoms with Crippen LogP contribution in [-0.2, 0) is 4.79 Å². The minimum Gasteiger partial charge on any atom is -0.356 e. The first-order valence-electron chi connectivity index (χ1n) is 6.44. The summed E-state index contributed by atoms with van der Waals surface area (Å²) in [6.07, 6.45) is 0.693. The molecule has 0 aliphatic heterocycles. The lowest BCUT2D eigenvalue weighted by Gasteiger charge is -2.05. The minimum atomic E-state index is -0.899. The number of carbonyl (C=O) groups excluding carboxylic acids is 2. The zero-order valence-corrected chi connectivity index (χ0v) is 12.6. The van der Waals surface area contributed by atoms with Crippen LogP contribution in [0.3, 0.4) is 0 Å². The van der Waals surface area contributed by atoms with Crippen molar-refractivity contribution in [3.8, 4) is 0 Å². The fourth-order valence-electron chi connectivity index (χ4n) is 1.66. The lowest BCUT2D eigenvalue weighted by molar-refractivity contribution is -0.121. The van der Waals surface area contributed by atoms with Gasteiger partial charge >= 0.3 is 0 Å². The molecule has 1 rings (SSSR count). The fourth-order valence-corrected chi connectivity index (χ4v) is 1.66. The van der Waals surface area contributed by atoms with Crippen LogP contribution in [0.15, 0.2) is 18.2 Å². The van der Waals surface area contributed by atoms with Crippen molar-refractivity contribution in [3.63, 3.8) is 0 Å². The molecule has 0 saturated carbocycles. The highest BCUT2D eigenvalue weighted by Gasteiger charge is 2.13. The summed E-state index contributed by atoms with van der Waals surface area (Å²) in [5, 5.41) is 5.61. The molecule has 0 spiro atoms. The van der Waals surface area contributed by atoms with Gasteiger partial charge in [-0.3, -0.25) is 9.59 Å².